The Kier molecular flexibility index (Phi) is 10.8. The number of ether oxygens (including phenoxy) is 1. The van der Waals surface area contributed by atoms with Crippen molar-refractivity contribution in [3.8, 4) is 5.75 Å². The number of rotatable bonds is 10. The second-order valence-electron chi connectivity index (χ2n) is 5.39. The van der Waals surface area contributed by atoms with Gasteiger partial charge < -0.3 is 15.4 Å². The molecule has 1 aromatic carbocycles. The molecule has 0 bridgehead atoms. The zero-order chi connectivity index (χ0) is 17.8. The van der Waals surface area contributed by atoms with Crippen LogP contribution >= 0.6 is 35.4 Å². The third kappa shape index (κ3) is 9.30. The van der Waals surface area contributed by atoms with E-state index in [0.29, 0.717) is 40.4 Å². The van der Waals surface area contributed by atoms with Crippen molar-refractivity contribution in [1.82, 2.24) is 10.6 Å². The van der Waals surface area contributed by atoms with Gasteiger partial charge >= 0.3 is 0 Å². The van der Waals surface area contributed by atoms with Crippen LogP contribution in [0.3, 0.4) is 0 Å². The summed E-state index contributed by atoms with van der Waals surface area (Å²) in [6.07, 6.45) is 5.56. The Balaban J connectivity index is 2.12. The fourth-order valence-corrected chi connectivity index (χ4v) is 2.67. The van der Waals surface area contributed by atoms with Gasteiger partial charge in [0.25, 0.3) is 0 Å². The minimum atomic E-state index is -0.119. The summed E-state index contributed by atoms with van der Waals surface area (Å²) in [5.74, 6) is 0.442. The van der Waals surface area contributed by atoms with Crippen LogP contribution in [0.25, 0.3) is 0 Å². The van der Waals surface area contributed by atoms with Crippen molar-refractivity contribution < 1.29 is 9.53 Å². The van der Waals surface area contributed by atoms with E-state index in [4.69, 9.17) is 40.2 Å². The molecule has 0 radical (unpaired) electrons. The molecular weight excluding hydrogens is 367 g/mol. The Labute approximate surface area is 159 Å². The number of hydrogen-bond donors (Lipinski definition) is 2. The monoisotopic (exact) mass is 390 g/mol. The molecule has 4 nitrogen and oxygen atoms in total. The number of nitrogens with one attached hydrogen (secondary N) is 2. The smallest absolute Gasteiger partial charge is 0.226 e. The number of carbonyl (C=O) groups excluding carboxylic acids is 1. The van der Waals surface area contributed by atoms with Crippen molar-refractivity contribution in [3.05, 3.63) is 28.2 Å². The highest BCUT2D eigenvalue weighted by atomic mass is 35.5. The molecule has 24 heavy (non-hydrogen) atoms. The van der Waals surface area contributed by atoms with Crippen LogP contribution < -0.4 is 15.4 Å². The van der Waals surface area contributed by atoms with Gasteiger partial charge in [0.15, 0.2) is 5.11 Å². The number of carbonyl (C=O) groups is 1. The van der Waals surface area contributed by atoms with E-state index >= 15 is 0 Å². The largest absolute Gasteiger partial charge is 0.492 e. The minimum Gasteiger partial charge on any atom is -0.492 e. The topological polar surface area (TPSA) is 50.4 Å². The van der Waals surface area contributed by atoms with Gasteiger partial charge in [0.1, 0.15) is 5.75 Å². The van der Waals surface area contributed by atoms with E-state index in [1.165, 1.54) is 19.3 Å². The Morgan fingerprint density at radius 1 is 1.21 bits per heavy atom. The molecule has 0 saturated carbocycles. The molecule has 0 aromatic heterocycles. The molecule has 2 N–H and O–H groups in total. The number of halogens is 2. The Bertz CT molecular complexity index is 541. The molecule has 0 aliphatic heterocycles. The van der Waals surface area contributed by atoms with Gasteiger partial charge in [0, 0.05) is 18.0 Å². The highest BCUT2D eigenvalue weighted by Gasteiger charge is 2.06. The van der Waals surface area contributed by atoms with Crippen LogP contribution in [0.15, 0.2) is 18.2 Å². The summed E-state index contributed by atoms with van der Waals surface area (Å²) in [7, 11) is 0. The predicted molar refractivity (Wildman–Crippen MR) is 104 cm³/mol. The van der Waals surface area contributed by atoms with Crippen LogP contribution in [0, 0.1) is 0 Å². The standard InChI is InChI=1S/C17H24Cl2N2O2S/c1-2-3-4-5-10-20-17(24)21-16(22)7-6-11-23-15-9-8-13(18)12-14(15)19/h8-9,12H,2-7,10-11H2,1H3,(H2,20,21,22,24). The molecule has 134 valence electrons. The van der Waals surface area contributed by atoms with Crippen molar-refractivity contribution in [2.75, 3.05) is 13.2 Å². The number of unbranched alkanes of at least 4 members (excludes halogenated alkanes) is 3. The van der Waals surface area contributed by atoms with Crippen LogP contribution in [-0.2, 0) is 4.79 Å². The summed E-state index contributed by atoms with van der Waals surface area (Å²) in [6.45, 7) is 3.35. The van der Waals surface area contributed by atoms with Gasteiger partial charge in [0.2, 0.25) is 5.91 Å². The van der Waals surface area contributed by atoms with Crippen molar-refractivity contribution in [1.29, 1.82) is 0 Å². The van der Waals surface area contributed by atoms with Gasteiger partial charge in [-0.25, -0.2) is 0 Å². The van der Waals surface area contributed by atoms with E-state index in [1.54, 1.807) is 18.2 Å². The first kappa shape index (κ1) is 21.0. The first-order valence-corrected chi connectivity index (χ1v) is 9.35. The van der Waals surface area contributed by atoms with Crippen LogP contribution in [-0.4, -0.2) is 24.2 Å². The molecular formula is C17H24Cl2N2O2S. The summed E-state index contributed by atoms with van der Waals surface area (Å²) in [5, 5.41) is 7.11. The first-order valence-electron chi connectivity index (χ1n) is 8.18. The predicted octanol–water partition coefficient (Wildman–Crippen LogP) is 4.72. The molecule has 0 aliphatic rings. The molecule has 0 heterocycles. The molecule has 1 rings (SSSR count). The summed E-state index contributed by atoms with van der Waals surface area (Å²) in [6, 6.07) is 5.04. The summed E-state index contributed by atoms with van der Waals surface area (Å²) < 4.78 is 5.53. The van der Waals surface area contributed by atoms with Crippen LogP contribution in [0.4, 0.5) is 0 Å². The molecule has 0 saturated heterocycles. The van der Waals surface area contributed by atoms with Crippen molar-refractivity contribution in [3.63, 3.8) is 0 Å². The zero-order valence-corrected chi connectivity index (χ0v) is 16.2. The van der Waals surface area contributed by atoms with E-state index in [9.17, 15) is 4.79 Å². The highest BCUT2D eigenvalue weighted by Crippen LogP contribution is 2.27. The molecule has 0 unspecified atom stereocenters. The Morgan fingerprint density at radius 2 is 2.00 bits per heavy atom. The van der Waals surface area contributed by atoms with E-state index in [-0.39, 0.29) is 5.91 Å². The molecule has 7 heteroatoms. The highest BCUT2D eigenvalue weighted by molar-refractivity contribution is 7.80. The third-order valence-electron chi connectivity index (χ3n) is 3.27. The van der Waals surface area contributed by atoms with Crippen LogP contribution in [0.5, 0.6) is 5.75 Å². The average molecular weight is 391 g/mol. The normalized spacial score (nSPS) is 10.3. The number of benzene rings is 1. The molecule has 1 aromatic rings. The van der Waals surface area contributed by atoms with Gasteiger partial charge in [-0.3, -0.25) is 4.79 Å². The maximum Gasteiger partial charge on any atom is 0.226 e. The quantitative estimate of drug-likeness (QED) is 0.448. The van der Waals surface area contributed by atoms with Gasteiger partial charge in [-0.05, 0) is 43.3 Å². The summed E-state index contributed by atoms with van der Waals surface area (Å²) in [5.41, 5.74) is 0. The van der Waals surface area contributed by atoms with Gasteiger partial charge in [-0.2, -0.15) is 0 Å². The lowest BCUT2D eigenvalue weighted by atomic mass is 10.2. The Morgan fingerprint density at radius 3 is 2.71 bits per heavy atom. The fraction of sp³-hybridized carbons (Fsp3) is 0.529. The van der Waals surface area contributed by atoms with E-state index in [0.717, 1.165) is 13.0 Å². The Hall–Kier alpha value is -1.04. The summed E-state index contributed by atoms with van der Waals surface area (Å²) in [4.78, 5) is 11.8. The van der Waals surface area contributed by atoms with E-state index in [1.807, 2.05) is 0 Å². The lowest BCUT2D eigenvalue weighted by molar-refractivity contribution is -0.119. The molecule has 0 spiro atoms. The lowest BCUT2D eigenvalue weighted by Gasteiger charge is -2.10. The molecule has 0 atom stereocenters. The fourth-order valence-electron chi connectivity index (χ4n) is 1.99. The average Bonchev–Trinajstić information content (AvgIpc) is 2.53. The zero-order valence-electron chi connectivity index (χ0n) is 13.9. The third-order valence-corrected chi connectivity index (χ3v) is 4.05. The van der Waals surface area contributed by atoms with Crippen LogP contribution in [0.2, 0.25) is 10.0 Å². The number of thiocarbonyl (C=S) groups is 1. The number of amides is 1. The maximum absolute atomic E-state index is 11.8. The summed E-state index contributed by atoms with van der Waals surface area (Å²) >= 11 is 16.9. The molecule has 0 fully saturated rings. The SMILES string of the molecule is CCCCCCNC(=S)NC(=O)CCCOc1ccc(Cl)cc1Cl. The van der Waals surface area contributed by atoms with Crippen molar-refractivity contribution >= 4 is 46.4 Å². The second-order valence-corrected chi connectivity index (χ2v) is 6.64. The van der Waals surface area contributed by atoms with Crippen molar-refractivity contribution in [2.24, 2.45) is 0 Å². The lowest BCUT2D eigenvalue weighted by Crippen LogP contribution is -2.39. The molecule has 1 amide bonds. The molecule has 0 aliphatic carbocycles. The van der Waals surface area contributed by atoms with Gasteiger partial charge in [-0.15, -0.1) is 0 Å². The van der Waals surface area contributed by atoms with Crippen molar-refractivity contribution in [2.45, 2.75) is 45.4 Å². The van der Waals surface area contributed by atoms with E-state index < -0.39 is 0 Å². The van der Waals surface area contributed by atoms with Gasteiger partial charge in [0.05, 0.1) is 11.6 Å². The minimum absolute atomic E-state index is 0.119. The maximum atomic E-state index is 11.8. The number of hydrogen-bond acceptors (Lipinski definition) is 3. The second kappa shape index (κ2) is 12.3. The van der Waals surface area contributed by atoms with E-state index in [2.05, 4.69) is 17.6 Å². The van der Waals surface area contributed by atoms with Crippen LogP contribution in [0.1, 0.15) is 45.4 Å². The van der Waals surface area contributed by atoms with Gasteiger partial charge in [-0.1, -0.05) is 49.4 Å². The first-order chi connectivity index (χ1) is 11.5.